The second-order valence-corrected chi connectivity index (χ2v) is 5.79. The fourth-order valence-electron chi connectivity index (χ4n) is 2.90. The van der Waals surface area contributed by atoms with E-state index in [0.29, 0.717) is 6.54 Å². The van der Waals surface area contributed by atoms with Crippen LogP contribution in [0.5, 0.6) is 6.01 Å². The summed E-state index contributed by atoms with van der Waals surface area (Å²) in [7, 11) is 0. The Hall–Kier alpha value is -2.92. The van der Waals surface area contributed by atoms with Crippen LogP contribution in [0, 0.1) is 0 Å². The van der Waals surface area contributed by atoms with E-state index in [1.165, 1.54) is 6.07 Å². The van der Waals surface area contributed by atoms with Crippen LogP contribution in [0.15, 0.2) is 71.7 Å². The van der Waals surface area contributed by atoms with Crippen molar-refractivity contribution in [3.63, 3.8) is 0 Å². The normalized spacial score (nSPS) is 17.1. The third-order valence-electron chi connectivity index (χ3n) is 4.19. The summed E-state index contributed by atoms with van der Waals surface area (Å²) in [4.78, 5) is 15.1. The van der Waals surface area contributed by atoms with Gasteiger partial charge in [-0.2, -0.15) is 4.98 Å². The van der Waals surface area contributed by atoms with Crippen LogP contribution in [0.1, 0.15) is 11.7 Å². The van der Waals surface area contributed by atoms with E-state index in [2.05, 4.69) is 4.98 Å². The fraction of sp³-hybridized carbons (Fsp3) is 0.158. The summed E-state index contributed by atoms with van der Waals surface area (Å²) in [6.07, 6.45) is 0.393. The van der Waals surface area contributed by atoms with Crippen molar-refractivity contribution in [3.05, 3.63) is 82.8 Å². The van der Waals surface area contributed by atoms with Gasteiger partial charge in [-0.05, 0) is 16.7 Å². The summed E-state index contributed by atoms with van der Waals surface area (Å²) in [6, 6.07) is 19.5. The van der Waals surface area contributed by atoms with Crippen molar-refractivity contribution in [1.29, 1.82) is 0 Å². The molecule has 2 atom stereocenters. The highest BCUT2D eigenvalue weighted by atomic mass is 16.5. The van der Waals surface area contributed by atoms with Gasteiger partial charge < -0.3 is 9.84 Å². The van der Waals surface area contributed by atoms with Crippen LogP contribution < -0.4 is 10.3 Å². The van der Waals surface area contributed by atoms with E-state index < -0.39 is 12.2 Å². The zero-order valence-corrected chi connectivity index (χ0v) is 12.9. The zero-order chi connectivity index (χ0) is 16.5. The van der Waals surface area contributed by atoms with Gasteiger partial charge in [-0.1, -0.05) is 54.6 Å². The van der Waals surface area contributed by atoms with Crippen molar-refractivity contribution >= 4 is 0 Å². The van der Waals surface area contributed by atoms with E-state index in [1.807, 2.05) is 54.6 Å². The number of aromatic nitrogens is 2. The SMILES string of the molecule is O=c1ccn2c(n1)OC(C(O)c1ccc(-c3ccccc3)cc1)C2. The Labute approximate surface area is 138 Å². The van der Waals surface area contributed by atoms with Crippen LogP contribution in [0.3, 0.4) is 0 Å². The second-order valence-electron chi connectivity index (χ2n) is 5.79. The molecule has 0 saturated heterocycles. The number of fused-ring (bicyclic) bond motifs is 1. The Morgan fingerprint density at radius 2 is 1.75 bits per heavy atom. The van der Waals surface area contributed by atoms with Crippen molar-refractivity contribution in [2.75, 3.05) is 0 Å². The third kappa shape index (κ3) is 2.70. The first kappa shape index (κ1) is 14.7. The van der Waals surface area contributed by atoms with Gasteiger partial charge in [-0.25, -0.2) is 0 Å². The Morgan fingerprint density at radius 3 is 2.50 bits per heavy atom. The van der Waals surface area contributed by atoms with Crippen molar-refractivity contribution in [1.82, 2.24) is 9.55 Å². The maximum absolute atomic E-state index is 11.3. The molecule has 0 bridgehead atoms. The highest BCUT2D eigenvalue weighted by molar-refractivity contribution is 5.63. The molecule has 1 aliphatic rings. The summed E-state index contributed by atoms with van der Waals surface area (Å²) in [5, 5.41) is 10.6. The Bertz CT molecular complexity index is 904. The van der Waals surface area contributed by atoms with Crippen LogP contribution >= 0.6 is 0 Å². The minimum absolute atomic E-state index is 0.257. The molecule has 2 heterocycles. The summed E-state index contributed by atoms with van der Waals surface area (Å²) < 4.78 is 7.35. The van der Waals surface area contributed by atoms with E-state index in [1.54, 1.807) is 10.8 Å². The van der Waals surface area contributed by atoms with Crippen LogP contribution in [0.4, 0.5) is 0 Å². The van der Waals surface area contributed by atoms with Crippen LogP contribution in [0.25, 0.3) is 11.1 Å². The molecule has 2 unspecified atom stereocenters. The average Bonchev–Trinajstić information content (AvgIpc) is 3.05. The lowest BCUT2D eigenvalue weighted by atomic mass is 9.99. The zero-order valence-electron chi connectivity index (χ0n) is 12.9. The highest BCUT2D eigenvalue weighted by Gasteiger charge is 2.30. The van der Waals surface area contributed by atoms with Gasteiger partial charge in [0.05, 0.1) is 6.54 Å². The molecule has 2 aromatic carbocycles. The Morgan fingerprint density at radius 1 is 1.04 bits per heavy atom. The lowest BCUT2D eigenvalue weighted by Crippen LogP contribution is -2.23. The van der Waals surface area contributed by atoms with Crippen LogP contribution in [-0.4, -0.2) is 20.8 Å². The predicted octanol–water partition coefficient (Wildman–Crippen LogP) is 2.40. The number of aliphatic hydroxyl groups excluding tert-OH is 1. The van der Waals surface area contributed by atoms with Crippen LogP contribution in [-0.2, 0) is 6.54 Å². The van der Waals surface area contributed by atoms with Crippen molar-refractivity contribution in [2.45, 2.75) is 18.8 Å². The maximum Gasteiger partial charge on any atom is 0.300 e. The van der Waals surface area contributed by atoms with Crippen molar-refractivity contribution in [2.24, 2.45) is 0 Å². The molecule has 0 spiro atoms. The smallest absolute Gasteiger partial charge is 0.300 e. The van der Waals surface area contributed by atoms with E-state index in [0.717, 1.165) is 16.7 Å². The van der Waals surface area contributed by atoms with E-state index in [4.69, 9.17) is 4.74 Å². The number of ether oxygens (including phenoxy) is 1. The molecule has 24 heavy (non-hydrogen) atoms. The largest absolute Gasteiger partial charge is 0.456 e. The molecule has 5 nitrogen and oxygen atoms in total. The number of benzene rings is 2. The fourth-order valence-corrected chi connectivity index (χ4v) is 2.90. The lowest BCUT2D eigenvalue weighted by molar-refractivity contribution is 0.0459. The van der Waals surface area contributed by atoms with Gasteiger partial charge in [0.25, 0.3) is 11.6 Å². The summed E-state index contributed by atoms with van der Waals surface area (Å²) in [5.74, 6) is 0. The van der Waals surface area contributed by atoms with Crippen molar-refractivity contribution < 1.29 is 9.84 Å². The summed E-state index contributed by atoms with van der Waals surface area (Å²) >= 11 is 0. The van der Waals surface area contributed by atoms with Gasteiger partial charge in [0.15, 0.2) is 0 Å². The number of hydrogen-bond acceptors (Lipinski definition) is 4. The molecule has 0 amide bonds. The lowest BCUT2D eigenvalue weighted by Gasteiger charge is -2.17. The molecule has 3 aromatic rings. The highest BCUT2D eigenvalue weighted by Crippen LogP contribution is 2.28. The molecule has 0 aliphatic carbocycles. The minimum Gasteiger partial charge on any atom is -0.456 e. The first-order chi connectivity index (χ1) is 11.7. The van der Waals surface area contributed by atoms with Gasteiger partial charge >= 0.3 is 0 Å². The summed E-state index contributed by atoms with van der Waals surface area (Å²) in [5.41, 5.74) is 2.65. The van der Waals surface area contributed by atoms with E-state index >= 15 is 0 Å². The monoisotopic (exact) mass is 320 g/mol. The Balaban J connectivity index is 1.53. The molecule has 0 saturated carbocycles. The molecule has 1 aliphatic heterocycles. The van der Waals surface area contributed by atoms with Crippen LogP contribution in [0.2, 0.25) is 0 Å². The first-order valence-corrected chi connectivity index (χ1v) is 7.78. The number of aliphatic hydroxyl groups is 1. The molecule has 5 heteroatoms. The van der Waals surface area contributed by atoms with Gasteiger partial charge in [-0.3, -0.25) is 9.36 Å². The van der Waals surface area contributed by atoms with Gasteiger partial charge in [0, 0.05) is 12.3 Å². The maximum atomic E-state index is 11.3. The molecule has 0 fully saturated rings. The molecular formula is C19H16N2O3. The molecule has 4 rings (SSSR count). The number of hydrogen-bond donors (Lipinski definition) is 1. The quantitative estimate of drug-likeness (QED) is 0.805. The van der Waals surface area contributed by atoms with Gasteiger partial charge in [0.2, 0.25) is 0 Å². The standard InChI is InChI=1S/C19H16N2O3/c22-17-10-11-21-12-16(24-19(21)20-17)18(23)15-8-6-14(7-9-15)13-4-2-1-3-5-13/h1-11,16,18,23H,12H2. The summed E-state index contributed by atoms with van der Waals surface area (Å²) in [6.45, 7) is 0.463. The van der Waals surface area contributed by atoms with E-state index in [-0.39, 0.29) is 11.6 Å². The average molecular weight is 320 g/mol. The van der Waals surface area contributed by atoms with Crippen molar-refractivity contribution in [3.8, 4) is 17.1 Å². The molecule has 1 aromatic heterocycles. The molecular weight excluding hydrogens is 304 g/mol. The predicted molar refractivity (Wildman–Crippen MR) is 89.8 cm³/mol. The topological polar surface area (TPSA) is 64.4 Å². The van der Waals surface area contributed by atoms with E-state index in [9.17, 15) is 9.90 Å². The molecule has 1 N–H and O–H groups in total. The van der Waals surface area contributed by atoms with Gasteiger partial charge in [0.1, 0.15) is 12.2 Å². The third-order valence-corrected chi connectivity index (χ3v) is 4.19. The Kier molecular flexibility index (Phi) is 3.63. The molecule has 120 valence electrons. The number of rotatable bonds is 3. The molecule has 0 radical (unpaired) electrons. The first-order valence-electron chi connectivity index (χ1n) is 7.78. The number of nitrogens with zero attached hydrogens (tertiary/aromatic N) is 2. The minimum atomic E-state index is -0.786. The second kappa shape index (κ2) is 5.94. The van der Waals surface area contributed by atoms with Gasteiger partial charge in [-0.15, -0.1) is 0 Å².